The summed E-state index contributed by atoms with van der Waals surface area (Å²) in [5.74, 6) is -0.450. The Balaban J connectivity index is 1.64. The van der Waals surface area contributed by atoms with E-state index >= 15 is 0 Å². The van der Waals surface area contributed by atoms with Gasteiger partial charge in [0.25, 0.3) is 0 Å². The van der Waals surface area contributed by atoms with E-state index in [-0.39, 0.29) is 11.3 Å². The highest BCUT2D eigenvalue weighted by Gasteiger charge is 2.27. The molecular weight excluding hydrogens is 434 g/mol. The summed E-state index contributed by atoms with van der Waals surface area (Å²) >= 11 is 5.88. The third-order valence-corrected chi connectivity index (χ3v) is 6.62. The van der Waals surface area contributed by atoms with Crippen LogP contribution in [0.15, 0.2) is 90.0 Å². The van der Waals surface area contributed by atoms with Gasteiger partial charge in [0.2, 0.25) is 15.9 Å². The minimum atomic E-state index is -3.95. The van der Waals surface area contributed by atoms with Gasteiger partial charge >= 0.3 is 0 Å². The Morgan fingerprint density at radius 2 is 1.61 bits per heavy atom. The fraction of sp³-hybridized carbons (Fsp3) is 0.0870. The van der Waals surface area contributed by atoms with Crippen molar-refractivity contribution in [3.8, 4) is 0 Å². The minimum absolute atomic E-state index is 0.0355. The first-order valence-corrected chi connectivity index (χ1v) is 11.5. The van der Waals surface area contributed by atoms with E-state index in [1.807, 2.05) is 30.3 Å². The zero-order valence-electron chi connectivity index (χ0n) is 16.4. The molecule has 0 aliphatic rings. The van der Waals surface area contributed by atoms with Gasteiger partial charge in [-0.2, -0.15) is 4.72 Å². The maximum atomic E-state index is 13.1. The van der Waals surface area contributed by atoms with Crippen LogP contribution in [0.4, 0.5) is 5.69 Å². The Morgan fingerprint density at radius 1 is 0.935 bits per heavy atom. The molecule has 4 rings (SSSR count). The number of carbonyl (C=O) groups excluding carboxylic acids is 1. The molecule has 3 aromatic carbocycles. The monoisotopic (exact) mass is 453 g/mol. The molecule has 1 aromatic heterocycles. The molecule has 3 N–H and O–H groups in total. The van der Waals surface area contributed by atoms with Crippen molar-refractivity contribution in [2.75, 3.05) is 5.32 Å². The lowest BCUT2D eigenvalue weighted by Crippen LogP contribution is -2.45. The maximum Gasteiger partial charge on any atom is 0.242 e. The Bertz CT molecular complexity index is 1300. The first kappa shape index (κ1) is 21.1. The molecule has 1 atom stereocenters. The van der Waals surface area contributed by atoms with Crippen molar-refractivity contribution >= 4 is 44.1 Å². The van der Waals surface area contributed by atoms with Gasteiger partial charge < -0.3 is 10.3 Å². The van der Waals surface area contributed by atoms with E-state index in [1.165, 1.54) is 24.3 Å². The number of nitrogens with one attached hydrogen (secondary N) is 3. The number of halogens is 1. The lowest BCUT2D eigenvalue weighted by atomic mass is 10.0. The summed E-state index contributed by atoms with van der Waals surface area (Å²) < 4.78 is 28.5. The highest BCUT2D eigenvalue weighted by atomic mass is 35.5. The summed E-state index contributed by atoms with van der Waals surface area (Å²) in [6.45, 7) is 0. The molecule has 0 spiro atoms. The van der Waals surface area contributed by atoms with E-state index in [9.17, 15) is 13.2 Å². The molecule has 0 saturated carbocycles. The number of sulfonamides is 1. The number of rotatable bonds is 7. The summed E-state index contributed by atoms with van der Waals surface area (Å²) in [5, 5.41) is 4.15. The second-order valence-electron chi connectivity index (χ2n) is 7.05. The third kappa shape index (κ3) is 4.96. The van der Waals surface area contributed by atoms with E-state index in [4.69, 9.17) is 11.6 Å². The van der Waals surface area contributed by atoms with Crippen LogP contribution in [-0.2, 0) is 21.2 Å². The molecule has 0 bridgehead atoms. The number of anilines is 1. The standard InChI is InChI=1S/C23H20ClN3O3S/c24-17-10-12-19(13-11-17)31(29,30)27-22(23(28)26-18-6-2-1-3-7-18)14-16-15-25-21-9-5-4-8-20(16)21/h1-13,15,22,25,27H,14H2,(H,26,28)/t22-/m0/s1. The molecule has 158 valence electrons. The predicted octanol–water partition coefficient (Wildman–Crippen LogP) is 4.35. The van der Waals surface area contributed by atoms with Crippen LogP contribution in [0.3, 0.4) is 0 Å². The van der Waals surface area contributed by atoms with Crippen molar-refractivity contribution < 1.29 is 13.2 Å². The smallest absolute Gasteiger partial charge is 0.242 e. The topological polar surface area (TPSA) is 91.1 Å². The summed E-state index contributed by atoms with van der Waals surface area (Å²) in [6.07, 6.45) is 1.97. The average molecular weight is 454 g/mol. The van der Waals surface area contributed by atoms with Crippen LogP contribution in [-0.4, -0.2) is 25.4 Å². The van der Waals surface area contributed by atoms with Crippen LogP contribution in [0.25, 0.3) is 10.9 Å². The van der Waals surface area contributed by atoms with Gasteiger partial charge in [-0.05, 0) is 54.4 Å². The molecular formula is C23H20ClN3O3S. The van der Waals surface area contributed by atoms with Gasteiger partial charge in [-0.1, -0.05) is 48.0 Å². The molecule has 0 aliphatic carbocycles. The summed E-state index contributed by atoms with van der Waals surface area (Å²) in [5.41, 5.74) is 2.34. The molecule has 1 heterocycles. The van der Waals surface area contributed by atoms with E-state index in [0.717, 1.165) is 16.5 Å². The summed E-state index contributed by atoms with van der Waals surface area (Å²) in [7, 11) is -3.95. The van der Waals surface area contributed by atoms with Gasteiger partial charge in [0.05, 0.1) is 4.90 Å². The van der Waals surface area contributed by atoms with Crippen molar-refractivity contribution in [3.63, 3.8) is 0 Å². The van der Waals surface area contributed by atoms with Crippen molar-refractivity contribution in [3.05, 3.63) is 95.6 Å². The first-order valence-electron chi connectivity index (χ1n) is 9.61. The molecule has 31 heavy (non-hydrogen) atoms. The number of carbonyl (C=O) groups is 1. The molecule has 8 heteroatoms. The van der Waals surface area contributed by atoms with Crippen LogP contribution in [0.2, 0.25) is 5.02 Å². The lowest BCUT2D eigenvalue weighted by molar-refractivity contribution is -0.117. The second kappa shape index (κ2) is 8.93. The largest absolute Gasteiger partial charge is 0.361 e. The number of H-pyrrole nitrogens is 1. The van der Waals surface area contributed by atoms with Gasteiger partial charge in [-0.25, -0.2) is 8.42 Å². The lowest BCUT2D eigenvalue weighted by Gasteiger charge is -2.18. The van der Waals surface area contributed by atoms with E-state index in [1.54, 1.807) is 30.5 Å². The molecule has 0 unspecified atom stereocenters. The fourth-order valence-electron chi connectivity index (χ4n) is 3.33. The van der Waals surface area contributed by atoms with Crippen LogP contribution < -0.4 is 10.0 Å². The highest BCUT2D eigenvalue weighted by Crippen LogP contribution is 2.21. The van der Waals surface area contributed by atoms with Crippen LogP contribution in [0.5, 0.6) is 0 Å². The molecule has 0 saturated heterocycles. The zero-order chi connectivity index (χ0) is 21.8. The molecule has 0 fully saturated rings. The normalized spacial score (nSPS) is 12.5. The van der Waals surface area contributed by atoms with Crippen molar-refractivity contribution in [1.29, 1.82) is 0 Å². The highest BCUT2D eigenvalue weighted by molar-refractivity contribution is 7.89. The Labute approximate surface area is 185 Å². The number of benzene rings is 3. The van der Waals surface area contributed by atoms with Gasteiger partial charge in [0.1, 0.15) is 6.04 Å². The maximum absolute atomic E-state index is 13.1. The number of aromatic nitrogens is 1. The number of para-hydroxylation sites is 2. The number of hydrogen-bond acceptors (Lipinski definition) is 3. The van der Waals surface area contributed by atoms with Crippen LogP contribution in [0, 0.1) is 0 Å². The third-order valence-electron chi connectivity index (χ3n) is 4.88. The van der Waals surface area contributed by atoms with Crippen molar-refractivity contribution in [2.24, 2.45) is 0 Å². The van der Waals surface area contributed by atoms with E-state index in [2.05, 4.69) is 15.0 Å². The van der Waals surface area contributed by atoms with Gasteiger partial charge in [-0.15, -0.1) is 0 Å². The number of hydrogen-bond donors (Lipinski definition) is 3. The van der Waals surface area contributed by atoms with E-state index in [0.29, 0.717) is 10.7 Å². The quantitative estimate of drug-likeness (QED) is 0.388. The summed E-state index contributed by atoms with van der Waals surface area (Å²) in [4.78, 5) is 16.3. The molecule has 1 amide bonds. The Hall–Kier alpha value is -3.13. The van der Waals surface area contributed by atoms with Gasteiger partial charge in [0.15, 0.2) is 0 Å². The first-order chi connectivity index (χ1) is 14.9. The predicted molar refractivity (Wildman–Crippen MR) is 123 cm³/mol. The van der Waals surface area contributed by atoms with Gasteiger partial charge in [0, 0.05) is 27.8 Å². The Kier molecular flexibility index (Phi) is 6.08. The van der Waals surface area contributed by atoms with Crippen molar-refractivity contribution in [1.82, 2.24) is 9.71 Å². The zero-order valence-corrected chi connectivity index (χ0v) is 18.0. The number of aromatic amines is 1. The van der Waals surface area contributed by atoms with Crippen molar-refractivity contribution in [2.45, 2.75) is 17.4 Å². The van der Waals surface area contributed by atoms with E-state index < -0.39 is 22.0 Å². The number of fused-ring (bicyclic) bond motifs is 1. The number of amides is 1. The summed E-state index contributed by atoms with van der Waals surface area (Å²) in [6, 6.07) is 21.4. The average Bonchev–Trinajstić information content (AvgIpc) is 3.17. The van der Waals surface area contributed by atoms with Gasteiger partial charge in [-0.3, -0.25) is 4.79 Å². The Morgan fingerprint density at radius 3 is 2.35 bits per heavy atom. The molecule has 0 aliphatic heterocycles. The van der Waals surface area contributed by atoms with Crippen LogP contribution >= 0.6 is 11.6 Å². The fourth-order valence-corrected chi connectivity index (χ4v) is 4.65. The molecule has 4 aromatic rings. The second-order valence-corrected chi connectivity index (χ2v) is 9.20. The molecule has 0 radical (unpaired) electrons. The SMILES string of the molecule is O=C(Nc1ccccc1)[C@H](Cc1c[nH]c2ccccc12)NS(=O)(=O)c1ccc(Cl)cc1. The minimum Gasteiger partial charge on any atom is -0.361 e. The molecule has 6 nitrogen and oxygen atoms in total. The van der Waals surface area contributed by atoms with Crippen LogP contribution in [0.1, 0.15) is 5.56 Å².